The molecule has 0 saturated heterocycles. The van der Waals surface area contributed by atoms with Crippen LogP contribution in [0, 0.1) is 12.2 Å². The molecule has 0 bridgehead atoms. The Labute approximate surface area is 573 Å². The average Bonchev–Trinajstić information content (AvgIpc) is 3.40. The molecule has 0 nitrogen and oxygen atoms in total. The van der Waals surface area contributed by atoms with Crippen molar-refractivity contribution in [1.29, 1.82) is 0 Å². The first-order chi connectivity index (χ1) is 43.6. The van der Waals surface area contributed by atoms with Crippen molar-refractivity contribution in [2.45, 2.75) is 12.8 Å². The van der Waals surface area contributed by atoms with Crippen LogP contribution in [0.4, 0.5) is 0 Å². The van der Waals surface area contributed by atoms with Gasteiger partial charge >= 0.3 is 198 Å². The summed E-state index contributed by atoms with van der Waals surface area (Å²) in [6.07, 6.45) is 12.7. The van der Waals surface area contributed by atoms with Crippen molar-refractivity contribution in [3.8, 4) is 0 Å². The molecule has 0 atom stereocenters. The fourth-order valence-corrected chi connectivity index (χ4v) is 12.6. The number of hydrogen-bond donors (Lipinski definition) is 0. The second kappa shape index (κ2) is 34.4. The Kier molecular flexibility index (Phi) is 25.2. The van der Waals surface area contributed by atoms with Crippen molar-refractivity contribution in [2.75, 3.05) is 0 Å². The molecule has 2 aliphatic carbocycles. The minimum atomic E-state index is 0. The van der Waals surface area contributed by atoms with Gasteiger partial charge in [0.05, 0.1) is 0 Å². The summed E-state index contributed by atoms with van der Waals surface area (Å²) >= 11 is 2.92. The van der Waals surface area contributed by atoms with Crippen LogP contribution in [-0.4, -0.2) is 6.41 Å². The van der Waals surface area contributed by atoms with Crippen molar-refractivity contribution in [3.63, 3.8) is 0 Å². The van der Waals surface area contributed by atoms with E-state index in [4.69, 9.17) is 0 Å². The summed E-state index contributed by atoms with van der Waals surface area (Å²) in [6, 6.07) is 123. The van der Waals surface area contributed by atoms with Crippen LogP contribution in [-0.2, 0) is 48.5 Å². The Bertz CT molecular complexity index is 4160. The first-order valence-corrected chi connectivity index (χ1v) is 32.3. The van der Waals surface area contributed by atoms with Crippen molar-refractivity contribution in [2.24, 2.45) is 0 Å². The summed E-state index contributed by atoms with van der Waals surface area (Å²) in [4.78, 5) is 0. The summed E-state index contributed by atoms with van der Waals surface area (Å²) in [5, 5.41) is 10.8. The first kappa shape index (κ1) is 65.9. The summed E-state index contributed by atoms with van der Waals surface area (Å²) in [5.74, 6) is 0. The summed E-state index contributed by atoms with van der Waals surface area (Å²) < 4.78 is 2.83. The van der Waals surface area contributed by atoms with Gasteiger partial charge in [-0.25, -0.2) is 12.2 Å². The summed E-state index contributed by atoms with van der Waals surface area (Å²) in [7, 11) is 0. The average molecular weight is 1350 g/mol. The molecule has 0 amide bonds. The van der Waals surface area contributed by atoms with Gasteiger partial charge in [-0.05, 0) is 11.1 Å². The van der Waals surface area contributed by atoms with Gasteiger partial charge in [0.15, 0.2) is 0 Å². The summed E-state index contributed by atoms with van der Waals surface area (Å²) in [6.45, 7) is 0. The third-order valence-corrected chi connectivity index (χ3v) is 18.2. The molecule has 0 radical (unpaired) electrons. The molecule has 2 aliphatic rings. The Morgan fingerprint density at radius 3 is 0.689 bits per heavy atom. The SMILES string of the molecule is [C-]1=CC(c2ccccc2)=C(c2ccccc2)C1.[C-]1=CC(c2ccccc2)=C(c2ccccc2)C1.[Cl-].[Cl-].[Zr+2]=[C](c1ccccc1)c1ccccc1.[Zr+2]=[C](c1ccccc1)c1ccccc1.c1ccc2c(c1)[cH-]c1ccccc12.c1ccc2c(c1)[cH-]c1ccccc12. The van der Waals surface area contributed by atoms with E-state index in [9.17, 15) is 0 Å². The number of hydrogen-bond acceptors (Lipinski definition) is 0. The van der Waals surface area contributed by atoms with Crippen LogP contribution >= 0.6 is 0 Å². The zero-order valence-corrected chi connectivity index (χ0v) is 56.2. The molecular weight excluding hydrogens is 1290 g/mol. The maximum Gasteiger partial charge on any atom is -0.0771 e. The number of rotatable bonds is 8. The van der Waals surface area contributed by atoms with Crippen molar-refractivity contribution >= 4 is 71.8 Å². The molecule has 14 aromatic rings. The van der Waals surface area contributed by atoms with Crippen LogP contribution in [0.25, 0.3) is 65.4 Å². The van der Waals surface area contributed by atoms with Gasteiger partial charge in [0, 0.05) is 0 Å². The van der Waals surface area contributed by atoms with Gasteiger partial charge in [-0.1, -0.05) is 194 Å². The molecule has 90 heavy (non-hydrogen) atoms. The topological polar surface area (TPSA) is 0 Å². The molecule has 0 fully saturated rings. The van der Waals surface area contributed by atoms with Crippen LogP contribution in [0.15, 0.2) is 364 Å². The normalized spacial score (nSPS) is 11.7. The zero-order valence-electron chi connectivity index (χ0n) is 49.8. The van der Waals surface area contributed by atoms with E-state index in [0.717, 1.165) is 12.8 Å². The molecule has 0 aliphatic heterocycles. The van der Waals surface area contributed by atoms with E-state index in [2.05, 4.69) is 376 Å². The number of halogens is 2. The maximum absolute atomic E-state index is 3.32. The van der Waals surface area contributed by atoms with Crippen LogP contribution in [0.5, 0.6) is 0 Å². The van der Waals surface area contributed by atoms with Gasteiger partial charge in [0.2, 0.25) is 0 Å². The van der Waals surface area contributed by atoms with E-state index in [-0.39, 0.29) is 24.8 Å². The quantitative estimate of drug-likeness (QED) is 0.133. The number of allylic oxidation sites excluding steroid dienone is 8. The van der Waals surface area contributed by atoms with Gasteiger partial charge in [-0.2, -0.15) is 11.1 Å². The van der Waals surface area contributed by atoms with Gasteiger partial charge in [-0.3, -0.25) is 12.2 Å². The first-order valence-electron chi connectivity index (χ1n) is 29.8. The van der Waals surface area contributed by atoms with E-state index in [1.54, 1.807) is 0 Å². The fourth-order valence-electron chi connectivity index (χ4n) is 11.0. The molecular formula is C86H64Cl2Zr2-2. The van der Waals surface area contributed by atoms with Crippen molar-refractivity contribution < 1.29 is 73.3 Å². The molecule has 0 unspecified atom stereocenters. The molecule has 0 saturated carbocycles. The van der Waals surface area contributed by atoms with E-state index in [0.29, 0.717) is 0 Å². The minimum Gasteiger partial charge on any atom is -0.126 e. The zero-order chi connectivity index (χ0) is 60.0. The second-order valence-electron chi connectivity index (χ2n) is 21.2. The Hall–Kier alpha value is -8.57. The third-order valence-electron chi connectivity index (χ3n) is 15.4. The predicted molar refractivity (Wildman–Crippen MR) is 371 cm³/mol. The Morgan fingerprint density at radius 2 is 0.444 bits per heavy atom. The molecule has 0 spiro atoms. The van der Waals surface area contributed by atoms with Crippen molar-refractivity contribution in [3.05, 3.63) is 421 Å². The molecule has 0 heterocycles. The molecule has 16 rings (SSSR count). The number of fused-ring (bicyclic) bond motifs is 6. The molecule has 0 aromatic heterocycles. The Balaban J connectivity index is 0.000000128. The molecule has 432 valence electrons. The van der Waals surface area contributed by atoms with Crippen molar-refractivity contribution in [1.82, 2.24) is 0 Å². The minimum absolute atomic E-state index is 0. The smallest absolute Gasteiger partial charge is 0.0771 e. The van der Waals surface area contributed by atoms with Gasteiger partial charge in [0.25, 0.3) is 0 Å². The summed E-state index contributed by atoms with van der Waals surface area (Å²) in [5.41, 5.74) is 15.8. The second-order valence-corrected chi connectivity index (χ2v) is 23.6. The van der Waals surface area contributed by atoms with E-state index in [1.807, 2.05) is 0 Å². The van der Waals surface area contributed by atoms with E-state index in [1.165, 1.54) is 165 Å². The van der Waals surface area contributed by atoms with E-state index < -0.39 is 0 Å². The Morgan fingerprint density at radius 1 is 0.244 bits per heavy atom. The number of benzene rings is 12. The molecule has 4 heteroatoms. The monoisotopic (exact) mass is 1350 g/mol. The molecule has 14 aromatic carbocycles. The maximum atomic E-state index is 3.32. The third kappa shape index (κ3) is 17.4. The van der Waals surface area contributed by atoms with Gasteiger partial charge < -0.3 is 24.8 Å². The van der Waals surface area contributed by atoms with Crippen LogP contribution in [0.3, 0.4) is 0 Å². The standard InChI is InChI=1S/2C17H13.2C13H9.2C13H10.2ClH.2Zr/c2*1-3-8-14(9-4-1)16-12-7-13-17(16)15-10-5-2-6-11-15;2*1-3-7-12-10(5-1)9-11-6-2-4-8-13(11)12;2*1-3-7-12(8-4-1)11-13-9-5-2-6-10-13;;;;/h2*1-6,8-12H,13H2;2*1-9H;2*1-10H;2*1H;;/q4*-1;;;;;2*+2/p-2. The largest absolute Gasteiger partial charge is 0.126 e. The van der Waals surface area contributed by atoms with Gasteiger partial charge in [-0.15, -0.1) is 115 Å². The van der Waals surface area contributed by atoms with Crippen LogP contribution in [0.2, 0.25) is 0 Å². The van der Waals surface area contributed by atoms with Gasteiger partial charge in [0.1, 0.15) is 0 Å². The van der Waals surface area contributed by atoms with Crippen LogP contribution < -0.4 is 24.8 Å². The van der Waals surface area contributed by atoms with E-state index >= 15 is 0 Å². The van der Waals surface area contributed by atoms with Crippen LogP contribution in [0.1, 0.15) is 57.3 Å². The molecule has 0 N–H and O–H groups in total. The fraction of sp³-hybridized carbons (Fsp3) is 0.0233. The predicted octanol–water partition coefficient (Wildman–Crippen LogP) is 15.8.